The molecule has 26 heavy (non-hydrogen) atoms. The minimum Gasteiger partial charge on any atom is -0.318 e. The van der Waals surface area contributed by atoms with Crippen molar-refractivity contribution in [3.8, 4) is 0 Å². The number of nitrogens with one attached hydrogen (secondary N) is 2. The highest BCUT2D eigenvalue weighted by molar-refractivity contribution is 9.10. The number of hydrazone groups is 1. The lowest BCUT2D eigenvalue weighted by molar-refractivity contribution is -0.137. The van der Waals surface area contributed by atoms with Crippen LogP contribution in [0.25, 0.3) is 0 Å². The fourth-order valence-electron chi connectivity index (χ4n) is 1.81. The van der Waals surface area contributed by atoms with E-state index in [1.165, 1.54) is 6.21 Å². The summed E-state index contributed by atoms with van der Waals surface area (Å²) in [5.74, 6) is -2.31. The number of carbonyl (C=O) groups is 2. The van der Waals surface area contributed by atoms with Gasteiger partial charge in [-0.3, -0.25) is 9.59 Å². The second-order valence-corrected chi connectivity index (χ2v) is 6.22. The Balaban J connectivity index is 2.00. The van der Waals surface area contributed by atoms with E-state index in [1.807, 2.05) is 10.7 Å². The molecule has 0 aliphatic rings. The van der Waals surface area contributed by atoms with E-state index < -0.39 is 28.6 Å². The molecule has 2 amide bonds. The van der Waals surface area contributed by atoms with Crippen molar-refractivity contribution in [2.45, 2.75) is 6.18 Å². The molecule has 0 atom stereocenters. The first-order valence-electron chi connectivity index (χ1n) is 6.93. The van der Waals surface area contributed by atoms with Crippen molar-refractivity contribution in [2.24, 2.45) is 5.10 Å². The topological polar surface area (TPSA) is 70.6 Å². The third-order valence-corrected chi connectivity index (χ3v) is 3.79. The van der Waals surface area contributed by atoms with Crippen LogP contribution < -0.4 is 10.7 Å². The third kappa shape index (κ3) is 5.57. The molecule has 0 saturated carbocycles. The largest absolute Gasteiger partial charge is 0.417 e. The van der Waals surface area contributed by atoms with E-state index in [0.717, 1.165) is 16.6 Å². The second-order valence-electron chi connectivity index (χ2n) is 4.90. The predicted molar refractivity (Wildman–Crippen MR) is 95.0 cm³/mol. The zero-order chi connectivity index (χ0) is 19.3. The van der Waals surface area contributed by atoms with Crippen LogP contribution in [0.3, 0.4) is 0 Å². The number of nitrogens with zero attached hydrogens (tertiary/aromatic N) is 1. The SMILES string of the molecule is O=C(N/N=C\c1cccc(Br)c1)C(=O)Nc1ccc(Cl)c(C(F)(F)F)c1. The van der Waals surface area contributed by atoms with E-state index in [-0.39, 0.29) is 5.69 Å². The number of hydrogen-bond donors (Lipinski definition) is 2. The van der Waals surface area contributed by atoms with Crippen LogP contribution in [0.4, 0.5) is 18.9 Å². The Morgan fingerprint density at radius 1 is 1.12 bits per heavy atom. The lowest BCUT2D eigenvalue weighted by Crippen LogP contribution is -2.32. The summed E-state index contributed by atoms with van der Waals surface area (Å²) in [7, 11) is 0. The maximum atomic E-state index is 12.8. The van der Waals surface area contributed by atoms with Gasteiger partial charge < -0.3 is 5.32 Å². The molecule has 0 aliphatic heterocycles. The van der Waals surface area contributed by atoms with Gasteiger partial charge in [0.2, 0.25) is 0 Å². The van der Waals surface area contributed by atoms with Gasteiger partial charge in [0, 0.05) is 10.2 Å². The van der Waals surface area contributed by atoms with Gasteiger partial charge in [0.05, 0.1) is 16.8 Å². The number of carbonyl (C=O) groups excluding carboxylic acids is 2. The van der Waals surface area contributed by atoms with Crippen molar-refractivity contribution >= 4 is 51.2 Å². The molecule has 5 nitrogen and oxygen atoms in total. The number of benzene rings is 2. The molecule has 0 spiro atoms. The van der Waals surface area contributed by atoms with Crippen molar-refractivity contribution < 1.29 is 22.8 Å². The first-order valence-corrected chi connectivity index (χ1v) is 8.10. The maximum absolute atomic E-state index is 12.8. The average molecular weight is 449 g/mol. The molecule has 2 aromatic carbocycles. The molecule has 2 N–H and O–H groups in total. The fraction of sp³-hybridized carbons (Fsp3) is 0.0625. The van der Waals surface area contributed by atoms with Crippen molar-refractivity contribution in [2.75, 3.05) is 5.32 Å². The average Bonchev–Trinajstić information content (AvgIpc) is 2.55. The number of rotatable bonds is 3. The summed E-state index contributed by atoms with van der Waals surface area (Å²) in [6.45, 7) is 0. The Kier molecular flexibility index (Phi) is 6.38. The predicted octanol–water partition coefficient (Wildman–Crippen LogP) is 4.21. The smallest absolute Gasteiger partial charge is 0.318 e. The van der Waals surface area contributed by atoms with Crippen LogP contribution in [0.15, 0.2) is 52.0 Å². The molecule has 0 aromatic heterocycles. The van der Waals surface area contributed by atoms with E-state index >= 15 is 0 Å². The number of alkyl halides is 3. The highest BCUT2D eigenvalue weighted by Crippen LogP contribution is 2.36. The van der Waals surface area contributed by atoms with E-state index in [0.29, 0.717) is 11.6 Å². The normalized spacial score (nSPS) is 11.4. The van der Waals surface area contributed by atoms with Gasteiger partial charge >= 0.3 is 18.0 Å². The van der Waals surface area contributed by atoms with E-state index in [4.69, 9.17) is 11.6 Å². The molecule has 136 valence electrons. The molecule has 2 aromatic rings. The molecule has 0 bridgehead atoms. The number of hydrogen-bond acceptors (Lipinski definition) is 3. The van der Waals surface area contributed by atoms with Crippen LogP contribution in [0, 0.1) is 0 Å². The Labute approximate surface area is 159 Å². The van der Waals surface area contributed by atoms with Crippen molar-refractivity contribution in [1.29, 1.82) is 0 Å². The lowest BCUT2D eigenvalue weighted by Gasteiger charge is -2.11. The van der Waals surface area contributed by atoms with Crippen LogP contribution in [0.1, 0.15) is 11.1 Å². The monoisotopic (exact) mass is 447 g/mol. The maximum Gasteiger partial charge on any atom is 0.417 e. The van der Waals surface area contributed by atoms with E-state index in [9.17, 15) is 22.8 Å². The molecule has 10 heteroatoms. The van der Waals surface area contributed by atoms with E-state index in [1.54, 1.807) is 24.3 Å². The summed E-state index contributed by atoms with van der Waals surface area (Å²) in [4.78, 5) is 23.4. The first kappa shape index (κ1) is 19.9. The minimum atomic E-state index is -4.69. The van der Waals surface area contributed by atoms with Gasteiger partial charge in [0.25, 0.3) is 0 Å². The second kappa shape index (κ2) is 8.33. The third-order valence-electron chi connectivity index (χ3n) is 2.96. The van der Waals surface area contributed by atoms with Gasteiger partial charge in [0.15, 0.2) is 0 Å². The summed E-state index contributed by atoms with van der Waals surface area (Å²) in [6, 6.07) is 9.74. The van der Waals surface area contributed by atoms with Crippen molar-refractivity contribution in [1.82, 2.24) is 5.43 Å². The van der Waals surface area contributed by atoms with Crippen molar-refractivity contribution in [3.63, 3.8) is 0 Å². The van der Waals surface area contributed by atoms with Crippen molar-refractivity contribution in [3.05, 3.63) is 63.1 Å². The summed E-state index contributed by atoms with van der Waals surface area (Å²) >= 11 is 8.75. The Morgan fingerprint density at radius 2 is 1.85 bits per heavy atom. The Hall–Kier alpha value is -2.39. The lowest BCUT2D eigenvalue weighted by atomic mass is 10.2. The van der Waals surface area contributed by atoms with Gasteiger partial charge in [0.1, 0.15) is 0 Å². The zero-order valence-corrected chi connectivity index (χ0v) is 15.1. The summed E-state index contributed by atoms with van der Waals surface area (Å²) in [5, 5.41) is 5.14. The quantitative estimate of drug-likeness (QED) is 0.419. The van der Waals surface area contributed by atoms with Crippen LogP contribution >= 0.6 is 27.5 Å². The summed E-state index contributed by atoms with van der Waals surface area (Å²) in [5.41, 5.74) is 1.30. The van der Waals surface area contributed by atoms with Crippen LogP contribution in [-0.2, 0) is 15.8 Å². The van der Waals surface area contributed by atoms with Gasteiger partial charge in [-0.25, -0.2) is 5.43 Å². The van der Waals surface area contributed by atoms with Gasteiger partial charge in [-0.2, -0.15) is 18.3 Å². The number of amides is 2. The minimum absolute atomic E-state index is 0.224. The van der Waals surface area contributed by atoms with E-state index in [2.05, 4.69) is 21.0 Å². The highest BCUT2D eigenvalue weighted by Gasteiger charge is 2.33. The number of halogens is 5. The molecular formula is C16H10BrClF3N3O2. The summed E-state index contributed by atoms with van der Waals surface area (Å²) in [6.07, 6.45) is -3.38. The van der Waals surface area contributed by atoms with Crippen LogP contribution in [-0.4, -0.2) is 18.0 Å². The Morgan fingerprint density at radius 3 is 2.50 bits per heavy atom. The molecule has 0 heterocycles. The molecule has 0 unspecified atom stereocenters. The van der Waals surface area contributed by atoms with Gasteiger partial charge in [-0.1, -0.05) is 39.7 Å². The first-order chi connectivity index (χ1) is 12.2. The summed E-state index contributed by atoms with van der Waals surface area (Å²) < 4.78 is 39.1. The standard InChI is InChI=1S/C16H10BrClF3N3O2/c17-10-3-1-2-9(6-10)8-22-24-15(26)14(25)23-11-4-5-13(18)12(7-11)16(19,20)21/h1-8H,(H,23,25)(H,24,26)/b22-8-. The molecule has 0 fully saturated rings. The van der Waals surface area contributed by atoms with Gasteiger partial charge in [-0.05, 0) is 35.9 Å². The molecule has 0 radical (unpaired) electrons. The fourth-order valence-corrected chi connectivity index (χ4v) is 2.45. The molecule has 2 rings (SSSR count). The zero-order valence-electron chi connectivity index (χ0n) is 12.8. The Bertz CT molecular complexity index is 872. The highest BCUT2D eigenvalue weighted by atomic mass is 79.9. The molecule has 0 saturated heterocycles. The van der Waals surface area contributed by atoms with Crippen LogP contribution in [0.2, 0.25) is 5.02 Å². The molecule has 0 aliphatic carbocycles. The van der Waals surface area contributed by atoms with Crippen LogP contribution in [0.5, 0.6) is 0 Å². The number of anilines is 1. The van der Waals surface area contributed by atoms with Gasteiger partial charge in [-0.15, -0.1) is 0 Å². The molecular weight excluding hydrogens is 439 g/mol.